The van der Waals surface area contributed by atoms with Crippen molar-refractivity contribution >= 4 is 23.2 Å². The van der Waals surface area contributed by atoms with E-state index in [0.717, 1.165) is 43.4 Å². The normalized spacial score (nSPS) is 22.5. The van der Waals surface area contributed by atoms with Gasteiger partial charge in [0.2, 0.25) is 0 Å². The predicted octanol–water partition coefficient (Wildman–Crippen LogP) is 3.89. The molecule has 1 spiro atoms. The molecule has 0 bridgehead atoms. The molecule has 1 saturated carbocycles. The Kier molecular flexibility index (Phi) is 5.30. The largest absolute Gasteiger partial charge is 0.375 e. The van der Waals surface area contributed by atoms with Gasteiger partial charge in [-0.1, -0.05) is 6.07 Å². The molecule has 4 heterocycles. The van der Waals surface area contributed by atoms with Gasteiger partial charge in [0.1, 0.15) is 11.6 Å². The Morgan fingerprint density at radius 1 is 1.19 bits per heavy atom. The highest BCUT2D eigenvalue weighted by molar-refractivity contribution is 6.07. The fourth-order valence-corrected chi connectivity index (χ4v) is 4.76. The maximum Gasteiger partial charge on any atom is 0.260 e. The maximum atomic E-state index is 13.2. The molecule has 0 aromatic carbocycles. The summed E-state index contributed by atoms with van der Waals surface area (Å²) in [5, 5.41) is 3.00. The Hall–Kier alpha value is -2.67. The van der Waals surface area contributed by atoms with Crippen LogP contribution in [0.25, 0.3) is 0 Å². The third-order valence-corrected chi connectivity index (χ3v) is 6.93. The van der Waals surface area contributed by atoms with Crippen LogP contribution in [-0.2, 0) is 4.74 Å². The molecule has 2 aliphatic heterocycles. The maximum absolute atomic E-state index is 13.2. The number of carbonyl (C=O) groups is 1. The number of aromatic nitrogens is 2. The minimum atomic E-state index is -0.158. The average molecular weight is 424 g/mol. The highest BCUT2D eigenvalue weighted by Gasteiger charge is 2.44. The van der Waals surface area contributed by atoms with Gasteiger partial charge in [0, 0.05) is 39.5 Å². The SMILES string of the molecule is Cc1cc(N2CCC3(CC2)CC3)c(C(=O)Nc2cccc(N3CCO[C@H](C)C3)n2)cn1.[HH]. The highest BCUT2D eigenvalue weighted by atomic mass is 16.5. The second-order valence-electron chi connectivity index (χ2n) is 9.29. The summed E-state index contributed by atoms with van der Waals surface area (Å²) in [6.45, 7) is 8.35. The van der Waals surface area contributed by atoms with Gasteiger partial charge in [-0.2, -0.15) is 0 Å². The Balaban J connectivity index is 0.00000245. The number of rotatable bonds is 4. The first-order chi connectivity index (χ1) is 15.0. The number of aryl methyl sites for hydroxylation is 1. The summed E-state index contributed by atoms with van der Waals surface area (Å²) in [5.41, 5.74) is 3.13. The zero-order valence-electron chi connectivity index (χ0n) is 18.4. The smallest absolute Gasteiger partial charge is 0.260 e. The van der Waals surface area contributed by atoms with E-state index in [0.29, 0.717) is 23.4 Å². The number of nitrogens with zero attached hydrogens (tertiary/aromatic N) is 4. The molecule has 31 heavy (non-hydrogen) atoms. The van der Waals surface area contributed by atoms with Crippen LogP contribution in [0.2, 0.25) is 0 Å². The van der Waals surface area contributed by atoms with Gasteiger partial charge in [0.25, 0.3) is 5.91 Å². The van der Waals surface area contributed by atoms with E-state index in [4.69, 9.17) is 4.74 Å². The van der Waals surface area contributed by atoms with Crippen molar-refractivity contribution in [2.24, 2.45) is 5.41 Å². The van der Waals surface area contributed by atoms with Crippen molar-refractivity contribution in [2.45, 2.75) is 45.6 Å². The Bertz CT molecular complexity index is 971. The summed E-state index contributed by atoms with van der Waals surface area (Å²) in [6, 6.07) is 7.79. The second kappa shape index (κ2) is 8.11. The fraction of sp³-hybridized carbons (Fsp3) is 0.542. The number of amides is 1. The van der Waals surface area contributed by atoms with Crippen LogP contribution in [0, 0.1) is 12.3 Å². The molecule has 3 aliphatic rings. The molecule has 1 aliphatic carbocycles. The van der Waals surface area contributed by atoms with Gasteiger partial charge in [0.15, 0.2) is 0 Å². The minimum absolute atomic E-state index is 0. The zero-order valence-corrected chi connectivity index (χ0v) is 18.4. The molecular formula is C24H33N5O2. The number of carbonyl (C=O) groups excluding carboxylic acids is 1. The first-order valence-corrected chi connectivity index (χ1v) is 11.4. The summed E-state index contributed by atoms with van der Waals surface area (Å²) in [5.74, 6) is 1.26. The van der Waals surface area contributed by atoms with Gasteiger partial charge in [0.05, 0.1) is 24.0 Å². The van der Waals surface area contributed by atoms with Gasteiger partial charge < -0.3 is 19.9 Å². The molecule has 2 saturated heterocycles. The lowest BCUT2D eigenvalue weighted by atomic mass is 9.93. The summed E-state index contributed by atoms with van der Waals surface area (Å²) in [7, 11) is 0. The van der Waals surface area contributed by atoms with Gasteiger partial charge in [-0.3, -0.25) is 9.78 Å². The van der Waals surface area contributed by atoms with E-state index in [-0.39, 0.29) is 13.4 Å². The molecule has 0 radical (unpaired) electrons. The quantitative estimate of drug-likeness (QED) is 0.805. The zero-order chi connectivity index (χ0) is 21.4. The molecule has 5 rings (SSSR count). The number of ether oxygens (including phenoxy) is 1. The van der Waals surface area contributed by atoms with E-state index in [9.17, 15) is 4.79 Å². The van der Waals surface area contributed by atoms with E-state index in [2.05, 4.69) is 32.0 Å². The second-order valence-corrected chi connectivity index (χ2v) is 9.29. The molecule has 3 fully saturated rings. The lowest BCUT2D eigenvalue weighted by molar-refractivity contribution is 0.0529. The molecule has 166 valence electrons. The minimum Gasteiger partial charge on any atom is -0.375 e. The molecule has 7 nitrogen and oxygen atoms in total. The molecule has 7 heteroatoms. The number of anilines is 3. The van der Waals surface area contributed by atoms with E-state index >= 15 is 0 Å². The molecule has 1 atom stereocenters. The van der Waals surface area contributed by atoms with Crippen molar-refractivity contribution in [3.05, 3.63) is 41.7 Å². The van der Waals surface area contributed by atoms with E-state index in [1.165, 1.54) is 25.7 Å². The Labute approximate surface area is 185 Å². The van der Waals surface area contributed by atoms with Crippen LogP contribution in [0.1, 0.15) is 50.1 Å². The average Bonchev–Trinajstić information content (AvgIpc) is 3.53. The third-order valence-electron chi connectivity index (χ3n) is 6.93. The number of hydrogen-bond donors (Lipinski definition) is 1. The highest BCUT2D eigenvalue weighted by Crippen LogP contribution is 2.54. The van der Waals surface area contributed by atoms with Gasteiger partial charge in [-0.25, -0.2) is 4.98 Å². The monoisotopic (exact) mass is 423 g/mol. The van der Waals surface area contributed by atoms with Gasteiger partial charge >= 0.3 is 0 Å². The number of hydrogen-bond acceptors (Lipinski definition) is 6. The summed E-state index contributed by atoms with van der Waals surface area (Å²) < 4.78 is 5.63. The molecule has 2 aromatic heterocycles. The Morgan fingerprint density at radius 2 is 2.00 bits per heavy atom. The van der Waals surface area contributed by atoms with Crippen LogP contribution in [0.3, 0.4) is 0 Å². The topological polar surface area (TPSA) is 70.6 Å². The lowest BCUT2D eigenvalue weighted by Gasteiger charge is -2.34. The van der Waals surface area contributed by atoms with Crippen LogP contribution >= 0.6 is 0 Å². The summed E-state index contributed by atoms with van der Waals surface area (Å²) in [6.07, 6.45) is 7.05. The van der Waals surface area contributed by atoms with E-state index in [1.54, 1.807) is 6.20 Å². The first-order valence-electron chi connectivity index (χ1n) is 11.4. The van der Waals surface area contributed by atoms with Crippen LogP contribution < -0.4 is 15.1 Å². The lowest BCUT2D eigenvalue weighted by Crippen LogP contribution is -2.41. The van der Waals surface area contributed by atoms with E-state index in [1.807, 2.05) is 31.2 Å². The van der Waals surface area contributed by atoms with Crippen molar-refractivity contribution in [1.29, 1.82) is 0 Å². The number of piperidine rings is 1. The summed E-state index contributed by atoms with van der Waals surface area (Å²) >= 11 is 0. The van der Waals surface area contributed by atoms with Crippen molar-refractivity contribution in [3.8, 4) is 0 Å². The fourth-order valence-electron chi connectivity index (χ4n) is 4.76. The van der Waals surface area contributed by atoms with Gasteiger partial charge in [-0.05, 0) is 63.1 Å². The third kappa shape index (κ3) is 4.37. The number of nitrogens with one attached hydrogen (secondary N) is 1. The van der Waals surface area contributed by atoms with Crippen LogP contribution in [0.5, 0.6) is 0 Å². The van der Waals surface area contributed by atoms with Crippen molar-refractivity contribution in [1.82, 2.24) is 9.97 Å². The van der Waals surface area contributed by atoms with Crippen molar-refractivity contribution in [2.75, 3.05) is 47.9 Å². The molecule has 1 amide bonds. The Morgan fingerprint density at radius 3 is 2.74 bits per heavy atom. The molecule has 2 aromatic rings. The number of morpholine rings is 1. The first kappa shape index (κ1) is 20.2. The van der Waals surface area contributed by atoms with E-state index < -0.39 is 0 Å². The standard InChI is InChI=1S/C24H31N5O2.H2/c1-17-14-20(28-10-8-24(6-7-24)9-11-28)19(15-25-17)23(30)27-21-4-3-5-22(26-21)29-12-13-31-18(2)16-29;/h3-5,14-15,18H,6-13,16H2,1-2H3,(H,26,27,30);1H/t18-;/m1./s1. The van der Waals surface area contributed by atoms with Gasteiger partial charge in [-0.15, -0.1) is 0 Å². The van der Waals surface area contributed by atoms with Crippen molar-refractivity contribution in [3.63, 3.8) is 0 Å². The predicted molar refractivity (Wildman–Crippen MR) is 124 cm³/mol. The van der Waals surface area contributed by atoms with Crippen LogP contribution in [-0.4, -0.2) is 54.8 Å². The van der Waals surface area contributed by atoms with Crippen molar-refractivity contribution < 1.29 is 11.0 Å². The molecular weight excluding hydrogens is 390 g/mol. The van der Waals surface area contributed by atoms with Crippen LogP contribution in [0.15, 0.2) is 30.5 Å². The number of pyridine rings is 2. The molecule has 0 unspecified atom stereocenters. The molecule has 1 N–H and O–H groups in total. The van der Waals surface area contributed by atoms with Crippen LogP contribution in [0.4, 0.5) is 17.3 Å². The summed E-state index contributed by atoms with van der Waals surface area (Å²) in [4.78, 5) is 26.9.